The van der Waals surface area contributed by atoms with E-state index in [1.54, 1.807) is 54.6 Å². The zero-order valence-corrected chi connectivity index (χ0v) is 17.7. The molecule has 0 aromatic heterocycles. The number of ketones is 1. The summed E-state index contributed by atoms with van der Waals surface area (Å²) in [5.41, 5.74) is 0.385. The Bertz CT molecular complexity index is 1290. The van der Waals surface area contributed by atoms with E-state index in [-0.39, 0.29) is 22.7 Å². The minimum atomic E-state index is -4.15. The SMILES string of the molecule is O=C1/C(=C(\O)c2ccccc2)N(Cc2cc(Cl)ccc2Cl)S(=O)(=O)c2ccccc21. The summed E-state index contributed by atoms with van der Waals surface area (Å²) in [5.74, 6) is -1.03. The Hall–Kier alpha value is -2.80. The molecule has 0 amide bonds. The van der Waals surface area contributed by atoms with Crippen molar-refractivity contribution in [1.82, 2.24) is 4.31 Å². The lowest BCUT2D eigenvalue weighted by Gasteiger charge is -2.32. The molecule has 0 atom stereocenters. The predicted octanol–water partition coefficient (Wildman–Crippen LogP) is 5.31. The molecule has 0 fully saturated rings. The fourth-order valence-corrected chi connectivity index (χ4v) is 5.32. The summed E-state index contributed by atoms with van der Waals surface area (Å²) in [7, 11) is -4.15. The number of rotatable bonds is 3. The van der Waals surface area contributed by atoms with Gasteiger partial charge in [0.25, 0.3) is 10.0 Å². The van der Waals surface area contributed by atoms with Gasteiger partial charge in [-0.3, -0.25) is 9.10 Å². The molecule has 8 heteroatoms. The third-order valence-electron chi connectivity index (χ3n) is 4.76. The highest BCUT2D eigenvalue weighted by Gasteiger charge is 2.41. The highest BCUT2D eigenvalue weighted by Crippen LogP contribution is 2.37. The first-order valence-electron chi connectivity index (χ1n) is 8.90. The van der Waals surface area contributed by atoms with E-state index < -0.39 is 21.6 Å². The number of benzene rings is 3. The van der Waals surface area contributed by atoms with Crippen LogP contribution < -0.4 is 0 Å². The van der Waals surface area contributed by atoms with E-state index in [1.807, 2.05) is 0 Å². The smallest absolute Gasteiger partial charge is 0.265 e. The van der Waals surface area contributed by atoms with Crippen LogP contribution >= 0.6 is 23.2 Å². The fourth-order valence-electron chi connectivity index (χ4n) is 3.30. The third-order valence-corrected chi connectivity index (χ3v) is 7.17. The minimum Gasteiger partial charge on any atom is -0.505 e. The normalized spacial score (nSPS) is 16.9. The third kappa shape index (κ3) is 3.47. The van der Waals surface area contributed by atoms with E-state index in [1.165, 1.54) is 18.2 Å². The van der Waals surface area contributed by atoms with Crippen molar-refractivity contribution in [2.75, 3.05) is 0 Å². The highest BCUT2D eigenvalue weighted by atomic mass is 35.5. The summed E-state index contributed by atoms with van der Waals surface area (Å²) in [6, 6.07) is 18.9. The number of allylic oxidation sites excluding steroid dienone is 1. The van der Waals surface area contributed by atoms with Crippen LogP contribution in [0.25, 0.3) is 5.76 Å². The van der Waals surface area contributed by atoms with Gasteiger partial charge in [-0.1, -0.05) is 65.7 Å². The number of hydrogen-bond acceptors (Lipinski definition) is 4. The van der Waals surface area contributed by atoms with Crippen LogP contribution in [0.2, 0.25) is 10.0 Å². The standard InChI is InChI=1S/C22H15Cl2NO4S/c23-16-10-11-18(24)15(12-16)13-25-20(21(26)14-6-2-1-3-7-14)22(27)17-8-4-5-9-19(17)30(25,28)29/h1-12,26H,13H2/b21-20+. The molecule has 0 unspecified atom stereocenters. The Kier molecular flexibility index (Phi) is 5.32. The van der Waals surface area contributed by atoms with Crippen molar-refractivity contribution in [3.8, 4) is 0 Å². The number of fused-ring (bicyclic) bond motifs is 1. The van der Waals surface area contributed by atoms with Crippen LogP contribution in [0, 0.1) is 0 Å². The van der Waals surface area contributed by atoms with E-state index in [0.717, 1.165) is 4.31 Å². The molecule has 4 rings (SSSR count). The van der Waals surface area contributed by atoms with Crippen LogP contribution in [0.3, 0.4) is 0 Å². The van der Waals surface area contributed by atoms with Crippen molar-refractivity contribution in [1.29, 1.82) is 0 Å². The van der Waals surface area contributed by atoms with Gasteiger partial charge in [0.1, 0.15) is 5.70 Å². The lowest BCUT2D eigenvalue weighted by molar-refractivity contribution is 0.0997. The first-order valence-corrected chi connectivity index (χ1v) is 11.1. The number of sulfonamides is 1. The van der Waals surface area contributed by atoms with Crippen LogP contribution in [0.1, 0.15) is 21.5 Å². The number of nitrogens with zero attached hydrogens (tertiary/aromatic N) is 1. The molecular formula is C22H15Cl2NO4S. The van der Waals surface area contributed by atoms with Gasteiger partial charge in [0.2, 0.25) is 5.78 Å². The maximum absolute atomic E-state index is 13.4. The predicted molar refractivity (Wildman–Crippen MR) is 116 cm³/mol. The molecule has 152 valence electrons. The van der Waals surface area contributed by atoms with Gasteiger partial charge in [-0.15, -0.1) is 0 Å². The highest BCUT2D eigenvalue weighted by molar-refractivity contribution is 7.89. The monoisotopic (exact) mass is 459 g/mol. The van der Waals surface area contributed by atoms with Gasteiger partial charge >= 0.3 is 0 Å². The molecule has 0 saturated carbocycles. The molecule has 1 N–H and O–H groups in total. The number of carbonyl (C=O) groups excluding carboxylic acids is 1. The molecule has 1 aliphatic heterocycles. The maximum Gasteiger partial charge on any atom is 0.265 e. The summed E-state index contributed by atoms with van der Waals surface area (Å²) in [4.78, 5) is 13.2. The summed E-state index contributed by atoms with van der Waals surface area (Å²) in [6.45, 7) is -0.270. The largest absolute Gasteiger partial charge is 0.505 e. The van der Waals surface area contributed by atoms with E-state index in [4.69, 9.17) is 23.2 Å². The molecule has 1 aliphatic rings. The second kappa shape index (κ2) is 7.80. The van der Waals surface area contributed by atoms with E-state index in [0.29, 0.717) is 21.2 Å². The molecular weight excluding hydrogens is 445 g/mol. The van der Waals surface area contributed by atoms with Crippen molar-refractivity contribution in [2.24, 2.45) is 0 Å². The zero-order chi connectivity index (χ0) is 21.5. The Labute approximate surface area is 183 Å². The Morgan fingerprint density at radius 3 is 2.33 bits per heavy atom. The lowest BCUT2D eigenvalue weighted by Crippen LogP contribution is -2.39. The summed E-state index contributed by atoms with van der Waals surface area (Å²) in [6.07, 6.45) is 0. The molecule has 0 saturated heterocycles. The van der Waals surface area contributed by atoms with Crippen LogP contribution in [-0.4, -0.2) is 23.6 Å². The molecule has 3 aromatic rings. The van der Waals surface area contributed by atoms with Crippen LogP contribution in [-0.2, 0) is 16.6 Å². The quantitative estimate of drug-likeness (QED) is 0.425. The fraction of sp³-hybridized carbons (Fsp3) is 0.0455. The lowest BCUT2D eigenvalue weighted by atomic mass is 10.0. The van der Waals surface area contributed by atoms with Gasteiger partial charge in [0, 0.05) is 21.2 Å². The van der Waals surface area contributed by atoms with Crippen LogP contribution in [0.4, 0.5) is 0 Å². The number of aliphatic hydroxyl groups is 1. The maximum atomic E-state index is 13.4. The molecule has 0 spiro atoms. The van der Waals surface area contributed by atoms with E-state index in [9.17, 15) is 18.3 Å². The van der Waals surface area contributed by atoms with Gasteiger partial charge in [-0.2, -0.15) is 0 Å². The number of carbonyl (C=O) groups is 1. The van der Waals surface area contributed by atoms with Crippen LogP contribution in [0.5, 0.6) is 0 Å². The van der Waals surface area contributed by atoms with Crippen molar-refractivity contribution in [3.63, 3.8) is 0 Å². The Morgan fingerprint density at radius 2 is 1.60 bits per heavy atom. The van der Waals surface area contributed by atoms with Crippen molar-refractivity contribution < 1.29 is 18.3 Å². The molecule has 5 nitrogen and oxygen atoms in total. The average molecular weight is 460 g/mol. The molecule has 0 aliphatic carbocycles. The van der Waals surface area contributed by atoms with Crippen molar-refractivity contribution >= 4 is 44.8 Å². The van der Waals surface area contributed by atoms with Gasteiger partial charge in [0.05, 0.1) is 11.4 Å². The first-order chi connectivity index (χ1) is 14.3. The summed E-state index contributed by atoms with van der Waals surface area (Å²) in [5, 5.41) is 11.6. The molecule has 0 bridgehead atoms. The average Bonchev–Trinajstić information content (AvgIpc) is 2.75. The minimum absolute atomic E-state index is 0.00317. The molecule has 0 radical (unpaired) electrons. The Morgan fingerprint density at radius 1 is 0.933 bits per heavy atom. The number of halogens is 2. The molecule has 3 aromatic carbocycles. The second-order valence-corrected chi connectivity index (χ2v) is 9.31. The zero-order valence-electron chi connectivity index (χ0n) is 15.4. The molecule has 30 heavy (non-hydrogen) atoms. The van der Waals surface area contributed by atoms with Crippen molar-refractivity contribution in [2.45, 2.75) is 11.4 Å². The summed E-state index contributed by atoms with van der Waals surface area (Å²) >= 11 is 12.3. The van der Waals surface area contributed by atoms with Gasteiger partial charge < -0.3 is 5.11 Å². The van der Waals surface area contributed by atoms with Gasteiger partial charge in [0.15, 0.2) is 5.76 Å². The van der Waals surface area contributed by atoms with Gasteiger partial charge in [-0.05, 0) is 35.9 Å². The van der Waals surface area contributed by atoms with Gasteiger partial charge in [-0.25, -0.2) is 8.42 Å². The van der Waals surface area contributed by atoms with Crippen molar-refractivity contribution in [3.05, 3.63) is 105 Å². The molecule has 1 heterocycles. The topological polar surface area (TPSA) is 74.7 Å². The second-order valence-electron chi connectivity index (χ2n) is 6.64. The van der Waals surface area contributed by atoms with E-state index >= 15 is 0 Å². The number of aliphatic hydroxyl groups excluding tert-OH is 1. The summed E-state index contributed by atoms with van der Waals surface area (Å²) < 4.78 is 27.8. The number of hydrogen-bond donors (Lipinski definition) is 1. The van der Waals surface area contributed by atoms with E-state index in [2.05, 4.69) is 0 Å². The van der Waals surface area contributed by atoms with Crippen LogP contribution in [0.15, 0.2) is 83.4 Å². The Balaban J connectivity index is 1.98. The number of Topliss-reactive ketones (excluding diaryl/α,β-unsaturated/α-hetero) is 1. The first kappa shape index (κ1) is 20.5.